The fourth-order valence-electron chi connectivity index (χ4n) is 1.89. The molecular weight excluding hydrogens is 194 g/mol. The molecule has 1 aliphatic heterocycles. The lowest BCUT2D eigenvalue weighted by Gasteiger charge is -2.40. The van der Waals surface area contributed by atoms with Crippen LogP contribution in [0.25, 0.3) is 0 Å². The van der Waals surface area contributed by atoms with Crippen LogP contribution in [0.1, 0.15) is 19.8 Å². The predicted molar refractivity (Wildman–Crippen MR) is 57.0 cm³/mol. The minimum atomic E-state index is -1.09. The zero-order chi connectivity index (χ0) is 11.4. The fourth-order valence-corrected chi connectivity index (χ4v) is 1.89. The average molecular weight is 213 g/mol. The highest BCUT2D eigenvalue weighted by atomic mass is 16.6. The molecule has 0 aromatic heterocycles. The van der Waals surface area contributed by atoms with E-state index in [2.05, 4.69) is 5.92 Å². The van der Waals surface area contributed by atoms with Gasteiger partial charge in [0, 0.05) is 19.0 Å². The van der Waals surface area contributed by atoms with Crippen molar-refractivity contribution in [2.24, 2.45) is 0 Å². The molecule has 0 bridgehead atoms. The summed E-state index contributed by atoms with van der Waals surface area (Å²) >= 11 is 0. The maximum absolute atomic E-state index is 9.76. The summed E-state index contributed by atoms with van der Waals surface area (Å²) in [6.07, 6.45) is 4.55. The first-order chi connectivity index (χ1) is 7.06. The molecule has 86 valence electrons. The normalized spacial score (nSPS) is 36.5. The molecule has 0 radical (unpaired) electrons. The molecule has 1 rings (SSSR count). The van der Waals surface area contributed by atoms with E-state index in [0.29, 0.717) is 12.8 Å². The van der Waals surface area contributed by atoms with Crippen molar-refractivity contribution in [3.8, 4) is 12.3 Å². The van der Waals surface area contributed by atoms with Crippen LogP contribution in [0, 0.1) is 12.3 Å². The lowest BCUT2D eigenvalue weighted by molar-refractivity contribution is -0.231. The highest BCUT2D eigenvalue weighted by molar-refractivity contribution is 4.89. The molecule has 15 heavy (non-hydrogen) atoms. The van der Waals surface area contributed by atoms with Crippen molar-refractivity contribution in [2.75, 3.05) is 13.6 Å². The summed E-state index contributed by atoms with van der Waals surface area (Å²) in [4.78, 5) is 1.98. The lowest BCUT2D eigenvalue weighted by Crippen LogP contribution is -2.54. The summed E-state index contributed by atoms with van der Waals surface area (Å²) in [5.74, 6) is 2.56. The Morgan fingerprint density at radius 3 is 2.80 bits per heavy atom. The number of hydrogen-bond donors (Lipinski definition) is 2. The van der Waals surface area contributed by atoms with Crippen molar-refractivity contribution in [1.82, 2.24) is 4.90 Å². The van der Waals surface area contributed by atoms with E-state index in [1.807, 2.05) is 18.9 Å². The molecular formula is C11H19NO3. The van der Waals surface area contributed by atoms with Crippen molar-refractivity contribution in [3.05, 3.63) is 0 Å². The van der Waals surface area contributed by atoms with Gasteiger partial charge in [-0.05, 0) is 20.4 Å². The number of rotatable bonds is 3. The topological polar surface area (TPSA) is 52.9 Å². The van der Waals surface area contributed by atoms with Crippen LogP contribution in [-0.2, 0) is 4.74 Å². The van der Waals surface area contributed by atoms with E-state index in [9.17, 15) is 10.2 Å². The Morgan fingerprint density at radius 1 is 1.53 bits per heavy atom. The summed E-state index contributed by atoms with van der Waals surface area (Å²) in [6, 6.07) is -0.0860. The SMILES string of the molecule is C#CCCN(C)[C@H]1C[C@@H](C)O[C@@H](O)[C@@H]1O. The van der Waals surface area contributed by atoms with Crippen LogP contribution in [0.4, 0.5) is 0 Å². The highest BCUT2D eigenvalue weighted by Gasteiger charge is 2.36. The average Bonchev–Trinajstić information content (AvgIpc) is 2.19. The van der Waals surface area contributed by atoms with Crippen molar-refractivity contribution < 1.29 is 14.9 Å². The Bertz CT molecular complexity index is 238. The molecule has 0 unspecified atom stereocenters. The molecule has 0 saturated carbocycles. The standard InChI is InChI=1S/C11H19NO3/c1-4-5-6-12(3)9-7-8(2)15-11(14)10(9)13/h1,8-11,13-14H,5-7H2,2-3H3/t8-,9+,10-,11-/m1/s1. The van der Waals surface area contributed by atoms with Gasteiger partial charge in [0.2, 0.25) is 0 Å². The van der Waals surface area contributed by atoms with Crippen LogP contribution < -0.4 is 0 Å². The molecule has 2 N–H and O–H groups in total. The van der Waals surface area contributed by atoms with E-state index in [1.165, 1.54) is 0 Å². The van der Waals surface area contributed by atoms with E-state index in [4.69, 9.17) is 11.2 Å². The molecule has 1 heterocycles. The van der Waals surface area contributed by atoms with Gasteiger partial charge in [0.25, 0.3) is 0 Å². The molecule has 4 atom stereocenters. The fraction of sp³-hybridized carbons (Fsp3) is 0.818. The maximum Gasteiger partial charge on any atom is 0.182 e. The number of terminal acetylenes is 1. The summed E-state index contributed by atoms with van der Waals surface area (Å²) in [7, 11) is 1.90. The van der Waals surface area contributed by atoms with E-state index >= 15 is 0 Å². The van der Waals surface area contributed by atoms with Gasteiger partial charge in [-0.25, -0.2) is 0 Å². The Labute approximate surface area is 90.8 Å². The molecule has 0 spiro atoms. The van der Waals surface area contributed by atoms with Crippen LogP contribution in [0.2, 0.25) is 0 Å². The van der Waals surface area contributed by atoms with Gasteiger partial charge < -0.3 is 14.9 Å². The highest BCUT2D eigenvalue weighted by Crippen LogP contribution is 2.22. The number of aliphatic hydroxyl groups excluding tert-OH is 2. The monoisotopic (exact) mass is 213 g/mol. The molecule has 0 amide bonds. The zero-order valence-corrected chi connectivity index (χ0v) is 9.26. The van der Waals surface area contributed by atoms with Gasteiger partial charge in [-0.15, -0.1) is 12.3 Å². The van der Waals surface area contributed by atoms with Crippen molar-refractivity contribution in [1.29, 1.82) is 0 Å². The third kappa shape index (κ3) is 3.18. The Balaban J connectivity index is 2.54. The largest absolute Gasteiger partial charge is 0.386 e. The van der Waals surface area contributed by atoms with Gasteiger partial charge in [0.1, 0.15) is 6.10 Å². The van der Waals surface area contributed by atoms with E-state index in [0.717, 1.165) is 6.54 Å². The second-order valence-corrected chi connectivity index (χ2v) is 4.07. The first-order valence-electron chi connectivity index (χ1n) is 5.21. The number of ether oxygens (including phenoxy) is 1. The number of hydrogen-bond acceptors (Lipinski definition) is 4. The van der Waals surface area contributed by atoms with Gasteiger partial charge in [-0.3, -0.25) is 4.90 Å². The molecule has 0 aromatic carbocycles. The van der Waals surface area contributed by atoms with Crippen molar-refractivity contribution in [3.63, 3.8) is 0 Å². The minimum Gasteiger partial charge on any atom is -0.386 e. The van der Waals surface area contributed by atoms with Gasteiger partial charge >= 0.3 is 0 Å². The summed E-state index contributed by atoms with van der Waals surface area (Å²) in [5.41, 5.74) is 0. The molecule has 1 saturated heterocycles. The van der Waals surface area contributed by atoms with Crippen molar-refractivity contribution in [2.45, 2.75) is 44.3 Å². The number of nitrogens with zero attached hydrogens (tertiary/aromatic N) is 1. The van der Waals surface area contributed by atoms with Gasteiger partial charge in [-0.2, -0.15) is 0 Å². The third-order valence-electron chi connectivity index (χ3n) is 2.81. The van der Waals surface area contributed by atoms with E-state index in [1.54, 1.807) is 0 Å². The first kappa shape index (κ1) is 12.5. The quantitative estimate of drug-likeness (QED) is 0.637. The van der Waals surface area contributed by atoms with Crippen LogP contribution in [0.5, 0.6) is 0 Å². The van der Waals surface area contributed by atoms with Crippen LogP contribution >= 0.6 is 0 Å². The van der Waals surface area contributed by atoms with Crippen LogP contribution in [-0.4, -0.2) is 53.2 Å². The van der Waals surface area contributed by atoms with Crippen LogP contribution in [0.3, 0.4) is 0 Å². The smallest absolute Gasteiger partial charge is 0.182 e. The maximum atomic E-state index is 9.76. The van der Waals surface area contributed by atoms with Gasteiger partial charge in [-0.1, -0.05) is 0 Å². The summed E-state index contributed by atoms with van der Waals surface area (Å²) in [6.45, 7) is 2.61. The van der Waals surface area contributed by atoms with Gasteiger partial charge in [0.15, 0.2) is 6.29 Å². The van der Waals surface area contributed by atoms with Crippen LogP contribution in [0.15, 0.2) is 0 Å². The molecule has 0 aromatic rings. The predicted octanol–water partition coefficient (Wildman–Crippen LogP) is -0.202. The lowest BCUT2D eigenvalue weighted by atomic mass is 9.99. The second-order valence-electron chi connectivity index (χ2n) is 4.07. The second kappa shape index (κ2) is 5.47. The molecule has 1 aliphatic rings. The first-order valence-corrected chi connectivity index (χ1v) is 5.21. The minimum absolute atomic E-state index is 0.0401. The zero-order valence-electron chi connectivity index (χ0n) is 9.26. The Morgan fingerprint density at radius 2 is 2.20 bits per heavy atom. The molecule has 4 nitrogen and oxygen atoms in total. The number of likely N-dealkylation sites (N-methyl/N-ethyl adjacent to an activating group) is 1. The molecule has 0 aliphatic carbocycles. The summed E-state index contributed by atoms with van der Waals surface area (Å²) < 4.78 is 5.12. The number of aliphatic hydroxyl groups is 2. The Hall–Kier alpha value is -0.600. The summed E-state index contributed by atoms with van der Waals surface area (Å²) in [5, 5.41) is 19.2. The van der Waals surface area contributed by atoms with E-state index < -0.39 is 12.4 Å². The Kier molecular flexibility index (Phi) is 4.55. The molecule has 1 fully saturated rings. The molecule has 4 heteroatoms. The van der Waals surface area contributed by atoms with Gasteiger partial charge in [0.05, 0.1) is 6.10 Å². The van der Waals surface area contributed by atoms with E-state index in [-0.39, 0.29) is 12.1 Å². The van der Waals surface area contributed by atoms with Crippen molar-refractivity contribution >= 4 is 0 Å². The third-order valence-corrected chi connectivity index (χ3v) is 2.81.